The molecule has 0 radical (unpaired) electrons. The summed E-state index contributed by atoms with van der Waals surface area (Å²) in [5.41, 5.74) is 0. The Kier molecular flexibility index (Phi) is 4.39. The molecule has 1 aliphatic rings. The minimum atomic E-state index is -0.215. The molecule has 14 heavy (non-hydrogen) atoms. The normalized spacial score (nSPS) is 34.1. The molecule has 1 N–H and O–H groups in total. The van der Waals surface area contributed by atoms with Crippen LogP contribution in [0.2, 0.25) is 0 Å². The molecular weight excluding hydrogens is 174 g/mol. The van der Waals surface area contributed by atoms with Crippen LogP contribution >= 0.6 is 0 Å². The van der Waals surface area contributed by atoms with E-state index in [9.17, 15) is 5.11 Å². The van der Waals surface area contributed by atoms with Crippen molar-refractivity contribution in [3.63, 3.8) is 0 Å². The van der Waals surface area contributed by atoms with Gasteiger partial charge in [0.1, 0.15) is 0 Å². The van der Waals surface area contributed by atoms with Crippen LogP contribution in [0.5, 0.6) is 0 Å². The maximum Gasteiger partial charge on any atom is 0.0664 e. The standard InChI is InChI=1S/C12H25NO/c1-5-12-7-6-9(2)13(8-12)10(3)11(4)14/h9-12,14H,5-8H2,1-4H3. The van der Waals surface area contributed by atoms with Gasteiger partial charge in [0, 0.05) is 18.6 Å². The average Bonchev–Trinajstić information content (AvgIpc) is 2.17. The number of likely N-dealkylation sites (tertiary alicyclic amines) is 1. The first kappa shape index (κ1) is 12.0. The molecule has 1 aliphatic heterocycles. The van der Waals surface area contributed by atoms with Crippen LogP contribution in [-0.4, -0.2) is 34.7 Å². The maximum atomic E-state index is 9.61. The lowest BCUT2D eigenvalue weighted by molar-refractivity contribution is 0.0127. The summed E-state index contributed by atoms with van der Waals surface area (Å²) in [5, 5.41) is 9.61. The summed E-state index contributed by atoms with van der Waals surface area (Å²) < 4.78 is 0. The van der Waals surface area contributed by atoms with Crippen molar-refractivity contribution in [2.45, 2.75) is 65.1 Å². The van der Waals surface area contributed by atoms with E-state index >= 15 is 0 Å². The first-order valence-corrected chi connectivity index (χ1v) is 6.00. The molecule has 0 amide bonds. The molecule has 0 bridgehead atoms. The van der Waals surface area contributed by atoms with Gasteiger partial charge in [-0.15, -0.1) is 0 Å². The van der Waals surface area contributed by atoms with Crippen LogP contribution in [0.15, 0.2) is 0 Å². The van der Waals surface area contributed by atoms with Gasteiger partial charge in [0.2, 0.25) is 0 Å². The quantitative estimate of drug-likeness (QED) is 0.753. The second-order valence-electron chi connectivity index (χ2n) is 4.88. The summed E-state index contributed by atoms with van der Waals surface area (Å²) in [7, 11) is 0. The number of hydrogen-bond acceptors (Lipinski definition) is 2. The molecule has 84 valence electrons. The Morgan fingerprint density at radius 3 is 2.50 bits per heavy atom. The summed E-state index contributed by atoms with van der Waals surface area (Å²) >= 11 is 0. The predicted octanol–water partition coefficient (Wildman–Crippen LogP) is 2.27. The third-order valence-corrected chi connectivity index (χ3v) is 3.83. The van der Waals surface area contributed by atoms with Gasteiger partial charge >= 0.3 is 0 Å². The van der Waals surface area contributed by atoms with Gasteiger partial charge < -0.3 is 5.11 Å². The molecule has 0 aromatic carbocycles. The van der Waals surface area contributed by atoms with Gasteiger partial charge in [-0.05, 0) is 39.5 Å². The molecule has 1 fully saturated rings. The van der Waals surface area contributed by atoms with Crippen molar-refractivity contribution in [1.29, 1.82) is 0 Å². The second-order valence-corrected chi connectivity index (χ2v) is 4.88. The van der Waals surface area contributed by atoms with Crippen LogP contribution in [0.4, 0.5) is 0 Å². The molecule has 4 atom stereocenters. The fourth-order valence-corrected chi connectivity index (χ4v) is 2.39. The van der Waals surface area contributed by atoms with Crippen molar-refractivity contribution in [1.82, 2.24) is 4.90 Å². The van der Waals surface area contributed by atoms with E-state index in [1.165, 1.54) is 25.8 Å². The highest BCUT2D eigenvalue weighted by atomic mass is 16.3. The maximum absolute atomic E-state index is 9.61. The Morgan fingerprint density at radius 2 is 2.00 bits per heavy atom. The summed E-state index contributed by atoms with van der Waals surface area (Å²) in [4.78, 5) is 2.47. The third-order valence-electron chi connectivity index (χ3n) is 3.83. The fourth-order valence-electron chi connectivity index (χ4n) is 2.39. The van der Waals surface area contributed by atoms with E-state index in [0.717, 1.165) is 5.92 Å². The zero-order valence-electron chi connectivity index (χ0n) is 10.0. The Labute approximate surface area is 88.3 Å². The number of piperidine rings is 1. The Hall–Kier alpha value is -0.0800. The molecule has 0 aromatic rings. The van der Waals surface area contributed by atoms with Crippen LogP contribution in [-0.2, 0) is 0 Å². The van der Waals surface area contributed by atoms with Gasteiger partial charge in [0.15, 0.2) is 0 Å². The lowest BCUT2D eigenvalue weighted by atomic mass is 9.90. The van der Waals surface area contributed by atoms with Gasteiger partial charge in [0.05, 0.1) is 6.10 Å². The number of hydrogen-bond donors (Lipinski definition) is 1. The molecule has 0 spiro atoms. The largest absolute Gasteiger partial charge is 0.392 e. The average molecular weight is 199 g/mol. The molecule has 4 unspecified atom stereocenters. The monoisotopic (exact) mass is 199 g/mol. The number of nitrogens with zero attached hydrogens (tertiary/aromatic N) is 1. The highest BCUT2D eigenvalue weighted by Crippen LogP contribution is 2.26. The van der Waals surface area contributed by atoms with Gasteiger partial charge in [0.25, 0.3) is 0 Å². The minimum Gasteiger partial charge on any atom is -0.392 e. The third kappa shape index (κ3) is 2.71. The molecule has 0 saturated carbocycles. The molecule has 0 aliphatic carbocycles. The summed E-state index contributed by atoms with van der Waals surface area (Å²) in [6.45, 7) is 9.76. The highest BCUT2D eigenvalue weighted by Gasteiger charge is 2.29. The molecule has 2 nitrogen and oxygen atoms in total. The van der Waals surface area contributed by atoms with E-state index in [1.54, 1.807) is 0 Å². The highest BCUT2D eigenvalue weighted by molar-refractivity contribution is 4.83. The van der Waals surface area contributed by atoms with Crippen molar-refractivity contribution in [3.8, 4) is 0 Å². The van der Waals surface area contributed by atoms with Crippen molar-refractivity contribution in [2.24, 2.45) is 5.92 Å². The zero-order chi connectivity index (χ0) is 10.7. The van der Waals surface area contributed by atoms with Crippen molar-refractivity contribution in [3.05, 3.63) is 0 Å². The van der Waals surface area contributed by atoms with Crippen LogP contribution in [0.1, 0.15) is 47.0 Å². The van der Waals surface area contributed by atoms with E-state index in [-0.39, 0.29) is 6.10 Å². The predicted molar refractivity (Wildman–Crippen MR) is 60.3 cm³/mol. The summed E-state index contributed by atoms with van der Waals surface area (Å²) in [6, 6.07) is 0.946. The minimum absolute atomic E-state index is 0.215. The molecule has 2 heteroatoms. The Balaban J connectivity index is 2.55. The first-order chi connectivity index (χ1) is 6.56. The Bertz CT molecular complexity index is 170. The number of aliphatic hydroxyl groups excluding tert-OH is 1. The molecular formula is C12H25NO. The molecule has 1 heterocycles. The van der Waals surface area contributed by atoms with Gasteiger partial charge in [-0.1, -0.05) is 13.3 Å². The van der Waals surface area contributed by atoms with Crippen LogP contribution < -0.4 is 0 Å². The number of aliphatic hydroxyl groups is 1. The molecule has 0 aromatic heterocycles. The fraction of sp³-hybridized carbons (Fsp3) is 1.00. The summed E-state index contributed by atoms with van der Waals surface area (Å²) in [5.74, 6) is 0.840. The topological polar surface area (TPSA) is 23.5 Å². The number of rotatable bonds is 3. The van der Waals surface area contributed by atoms with E-state index < -0.39 is 0 Å². The van der Waals surface area contributed by atoms with Crippen molar-refractivity contribution in [2.75, 3.05) is 6.54 Å². The summed E-state index contributed by atoms with van der Waals surface area (Å²) in [6.07, 6.45) is 3.71. The van der Waals surface area contributed by atoms with Crippen LogP contribution in [0.3, 0.4) is 0 Å². The van der Waals surface area contributed by atoms with E-state index in [0.29, 0.717) is 12.1 Å². The zero-order valence-corrected chi connectivity index (χ0v) is 10.0. The van der Waals surface area contributed by atoms with Crippen LogP contribution in [0.25, 0.3) is 0 Å². The van der Waals surface area contributed by atoms with E-state index in [1.807, 2.05) is 6.92 Å². The van der Waals surface area contributed by atoms with Crippen molar-refractivity contribution >= 4 is 0 Å². The van der Waals surface area contributed by atoms with Crippen LogP contribution in [0, 0.1) is 5.92 Å². The lowest BCUT2D eigenvalue weighted by Gasteiger charge is -2.42. The Morgan fingerprint density at radius 1 is 1.36 bits per heavy atom. The van der Waals surface area contributed by atoms with Gasteiger partial charge in [-0.25, -0.2) is 0 Å². The van der Waals surface area contributed by atoms with Crippen molar-refractivity contribution < 1.29 is 5.11 Å². The SMILES string of the molecule is CCC1CCC(C)N(C(C)C(C)O)C1. The van der Waals surface area contributed by atoms with Gasteiger partial charge in [-0.3, -0.25) is 4.90 Å². The second kappa shape index (κ2) is 5.13. The molecule has 1 saturated heterocycles. The van der Waals surface area contributed by atoms with E-state index in [2.05, 4.69) is 25.7 Å². The smallest absolute Gasteiger partial charge is 0.0664 e. The van der Waals surface area contributed by atoms with E-state index in [4.69, 9.17) is 0 Å². The molecule has 1 rings (SSSR count). The van der Waals surface area contributed by atoms with Gasteiger partial charge in [-0.2, -0.15) is 0 Å². The first-order valence-electron chi connectivity index (χ1n) is 6.00. The lowest BCUT2D eigenvalue weighted by Crippen LogP contribution is -2.50.